The highest BCUT2D eigenvalue weighted by Crippen LogP contribution is 2.22. The number of halogens is 3. The van der Waals surface area contributed by atoms with E-state index in [0.29, 0.717) is 25.9 Å². The highest BCUT2D eigenvalue weighted by Gasteiger charge is 2.32. The topological polar surface area (TPSA) is 55.6 Å². The molecule has 1 saturated heterocycles. The van der Waals surface area contributed by atoms with Gasteiger partial charge < -0.3 is 10.5 Å². The highest BCUT2D eigenvalue weighted by molar-refractivity contribution is 5.74. The summed E-state index contributed by atoms with van der Waals surface area (Å²) >= 11 is 0. The van der Waals surface area contributed by atoms with Gasteiger partial charge in [-0.3, -0.25) is 9.69 Å². The number of piperidine rings is 1. The Morgan fingerprint density at radius 3 is 2.44 bits per heavy atom. The number of nitrogens with zero attached hydrogens (tertiary/aromatic N) is 1. The average molecular weight is 268 g/mol. The fourth-order valence-electron chi connectivity index (χ4n) is 1.90. The minimum absolute atomic E-state index is 0.136. The van der Waals surface area contributed by atoms with E-state index >= 15 is 0 Å². The van der Waals surface area contributed by atoms with Crippen LogP contribution in [0.15, 0.2) is 0 Å². The van der Waals surface area contributed by atoms with Crippen LogP contribution in [0.2, 0.25) is 0 Å². The van der Waals surface area contributed by atoms with Crippen LogP contribution in [0.4, 0.5) is 13.2 Å². The Hall–Kier alpha value is -0.820. The minimum Gasteiger partial charge on any atom is -0.464 e. The van der Waals surface area contributed by atoms with Crippen LogP contribution in [0.1, 0.15) is 19.8 Å². The molecule has 7 heteroatoms. The lowest BCUT2D eigenvalue weighted by Gasteiger charge is -2.32. The van der Waals surface area contributed by atoms with Crippen molar-refractivity contribution in [2.24, 2.45) is 11.7 Å². The van der Waals surface area contributed by atoms with Crippen molar-refractivity contribution in [1.29, 1.82) is 0 Å². The molecule has 0 aromatic rings. The van der Waals surface area contributed by atoms with Gasteiger partial charge in [0.15, 0.2) is 0 Å². The van der Waals surface area contributed by atoms with E-state index in [-0.39, 0.29) is 12.5 Å². The molecular weight excluding hydrogens is 249 g/mol. The van der Waals surface area contributed by atoms with E-state index in [1.807, 2.05) is 0 Å². The maximum absolute atomic E-state index is 12.2. The second kappa shape index (κ2) is 6.38. The summed E-state index contributed by atoms with van der Waals surface area (Å²) in [6, 6.07) is -0.657. The van der Waals surface area contributed by atoms with E-state index in [2.05, 4.69) is 0 Å². The van der Waals surface area contributed by atoms with Gasteiger partial charge in [0.05, 0.1) is 13.2 Å². The Morgan fingerprint density at radius 1 is 1.44 bits per heavy atom. The van der Waals surface area contributed by atoms with Crippen molar-refractivity contribution in [3.8, 4) is 0 Å². The smallest absolute Gasteiger partial charge is 0.401 e. The molecule has 0 radical (unpaired) electrons. The summed E-state index contributed by atoms with van der Waals surface area (Å²) < 4.78 is 41.4. The summed E-state index contributed by atoms with van der Waals surface area (Å²) in [6.45, 7) is 1.70. The van der Waals surface area contributed by atoms with Crippen LogP contribution < -0.4 is 5.73 Å². The van der Waals surface area contributed by atoms with Gasteiger partial charge in [0.1, 0.15) is 6.04 Å². The monoisotopic (exact) mass is 268 g/mol. The van der Waals surface area contributed by atoms with Crippen molar-refractivity contribution in [3.63, 3.8) is 0 Å². The van der Waals surface area contributed by atoms with Crippen LogP contribution in [-0.2, 0) is 9.53 Å². The quantitative estimate of drug-likeness (QED) is 0.777. The first-order valence-corrected chi connectivity index (χ1v) is 5.99. The zero-order valence-electron chi connectivity index (χ0n) is 10.4. The number of hydrogen-bond acceptors (Lipinski definition) is 4. The molecule has 0 saturated carbocycles. The second-order valence-corrected chi connectivity index (χ2v) is 4.75. The Balaban J connectivity index is 2.21. The third-order valence-corrected chi connectivity index (χ3v) is 2.94. The summed E-state index contributed by atoms with van der Waals surface area (Å²) in [6.07, 6.45) is -2.92. The van der Waals surface area contributed by atoms with Gasteiger partial charge in [-0.25, -0.2) is 0 Å². The molecule has 4 nitrogen and oxygen atoms in total. The van der Waals surface area contributed by atoms with E-state index in [1.54, 1.807) is 0 Å². The number of likely N-dealkylation sites (tertiary alicyclic amines) is 1. The molecule has 1 fully saturated rings. The maximum atomic E-state index is 12.2. The number of alkyl halides is 3. The van der Waals surface area contributed by atoms with Gasteiger partial charge >= 0.3 is 12.1 Å². The molecule has 18 heavy (non-hydrogen) atoms. The molecule has 1 aliphatic rings. The fourth-order valence-corrected chi connectivity index (χ4v) is 1.90. The largest absolute Gasteiger partial charge is 0.464 e. The standard InChI is InChI=1S/C11H19F3N2O2/c1-8(15)10(17)18-6-9-2-4-16(5-3-9)7-11(12,13)14/h8-9H,2-7,15H2,1H3/t8-/m0/s1. The Labute approximate surface area is 104 Å². The molecule has 0 bridgehead atoms. The molecular formula is C11H19F3N2O2. The first-order valence-electron chi connectivity index (χ1n) is 5.99. The Morgan fingerprint density at radius 2 is 2.00 bits per heavy atom. The molecule has 1 rings (SSSR count). The molecule has 0 aliphatic carbocycles. The predicted octanol–water partition coefficient (Wildman–Crippen LogP) is 1.15. The van der Waals surface area contributed by atoms with E-state index in [4.69, 9.17) is 10.5 Å². The van der Waals surface area contributed by atoms with E-state index < -0.39 is 24.7 Å². The number of rotatable bonds is 4. The van der Waals surface area contributed by atoms with Crippen LogP contribution in [0.3, 0.4) is 0 Å². The fraction of sp³-hybridized carbons (Fsp3) is 0.909. The number of esters is 1. The van der Waals surface area contributed by atoms with Gasteiger partial charge in [-0.2, -0.15) is 13.2 Å². The van der Waals surface area contributed by atoms with Crippen molar-refractivity contribution in [2.75, 3.05) is 26.2 Å². The van der Waals surface area contributed by atoms with Gasteiger partial charge in [-0.1, -0.05) is 0 Å². The molecule has 2 N–H and O–H groups in total. The summed E-state index contributed by atoms with van der Waals surface area (Å²) in [5.41, 5.74) is 5.34. The highest BCUT2D eigenvalue weighted by atomic mass is 19.4. The third-order valence-electron chi connectivity index (χ3n) is 2.94. The average Bonchev–Trinajstić information content (AvgIpc) is 2.25. The Bertz CT molecular complexity index is 274. The maximum Gasteiger partial charge on any atom is 0.401 e. The lowest BCUT2D eigenvalue weighted by atomic mass is 9.98. The first kappa shape index (κ1) is 15.2. The van der Waals surface area contributed by atoms with Crippen LogP contribution in [0.25, 0.3) is 0 Å². The van der Waals surface area contributed by atoms with Gasteiger partial charge in [0, 0.05) is 0 Å². The van der Waals surface area contributed by atoms with Gasteiger partial charge in [-0.15, -0.1) is 0 Å². The predicted molar refractivity (Wildman–Crippen MR) is 59.8 cm³/mol. The van der Waals surface area contributed by atoms with Crippen LogP contribution in [0.5, 0.6) is 0 Å². The summed E-state index contributed by atoms with van der Waals surface area (Å²) in [5.74, 6) is -0.329. The first-order chi connectivity index (χ1) is 8.28. The molecule has 0 unspecified atom stereocenters. The number of ether oxygens (including phenoxy) is 1. The summed E-state index contributed by atoms with van der Waals surface area (Å²) in [7, 11) is 0. The molecule has 1 heterocycles. The molecule has 0 aromatic heterocycles. The van der Waals surface area contributed by atoms with Crippen molar-refractivity contribution >= 4 is 5.97 Å². The molecule has 1 atom stereocenters. The van der Waals surface area contributed by atoms with E-state index in [0.717, 1.165) is 0 Å². The van der Waals surface area contributed by atoms with Gasteiger partial charge in [-0.05, 0) is 38.8 Å². The van der Waals surface area contributed by atoms with Gasteiger partial charge in [0.25, 0.3) is 0 Å². The molecule has 1 aliphatic heterocycles. The lowest BCUT2D eigenvalue weighted by molar-refractivity contribution is -0.151. The van der Waals surface area contributed by atoms with Crippen molar-refractivity contribution in [2.45, 2.75) is 32.0 Å². The Kier molecular flexibility index (Phi) is 5.40. The molecule has 0 amide bonds. The van der Waals surface area contributed by atoms with Crippen molar-refractivity contribution < 1.29 is 22.7 Å². The third kappa shape index (κ3) is 5.68. The lowest BCUT2D eigenvalue weighted by Crippen LogP contribution is -2.41. The summed E-state index contributed by atoms with van der Waals surface area (Å²) in [5, 5.41) is 0. The van der Waals surface area contributed by atoms with Crippen LogP contribution in [0, 0.1) is 5.92 Å². The minimum atomic E-state index is -4.14. The van der Waals surface area contributed by atoms with Crippen molar-refractivity contribution in [1.82, 2.24) is 4.90 Å². The zero-order valence-corrected chi connectivity index (χ0v) is 10.4. The van der Waals surface area contributed by atoms with Gasteiger partial charge in [0.2, 0.25) is 0 Å². The van der Waals surface area contributed by atoms with Crippen LogP contribution >= 0.6 is 0 Å². The number of hydrogen-bond donors (Lipinski definition) is 1. The van der Waals surface area contributed by atoms with E-state index in [9.17, 15) is 18.0 Å². The zero-order chi connectivity index (χ0) is 13.8. The number of carbonyl (C=O) groups is 1. The van der Waals surface area contributed by atoms with Crippen LogP contribution in [-0.4, -0.2) is 49.3 Å². The summed E-state index contributed by atoms with van der Waals surface area (Å²) in [4.78, 5) is 12.5. The number of carbonyl (C=O) groups excluding carboxylic acids is 1. The molecule has 0 aromatic carbocycles. The molecule has 106 valence electrons. The normalized spacial score (nSPS) is 20.7. The number of nitrogens with two attached hydrogens (primary N) is 1. The van der Waals surface area contributed by atoms with E-state index in [1.165, 1.54) is 11.8 Å². The second-order valence-electron chi connectivity index (χ2n) is 4.75. The van der Waals surface area contributed by atoms with Crippen molar-refractivity contribution in [3.05, 3.63) is 0 Å². The molecule has 0 spiro atoms. The SMILES string of the molecule is C[C@H](N)C(=O)OCC1CCN(CC(F)(F)F)CC1.